The first-order valence-corrected chi connectivity index (χ1v) is 6.16. The normalized spacial score (nSPS) is 12.2. The molecule has 0 amide bonds. The minimum Gasteiger partial charge on any atom is -0.311 e. The zero-order valence-electron chi connectivity index (χ0n) is 10.5. The monoisotopic (exact) mass is 251 g/mol. The first-order chi connectivity index (χ1) is 7.94. The van der Waals surface area contributed by atoms with Crippen LogP contribution >= 0.6 is 11.6 Å². The van der Waals surface area contributed by atoms with Gasteiger partial charge in [-0.1, -0.05) is 32.4 Å². The number of hydrogen-bond acceptors (Lipinski definition) is 2. The van der Waals surface area contributed by atoms with Gasteiger partial charge < -0.3 is 9.72 Å². The first kappa shape index (κ1) is 12.4. The minimum absolute atomic E-state index is 0.294. The van der Waals surface area contributed by atoms with E-state index in [-0.39, 0.29) is 0 Å². The number of fused-ring (bicyclic) bond motifs is 1. The number of nitrogens with zero attached hydrogens (tertiary/aromatic N) is 2. The van der Waals surface area contributed by atoms with E-state index in [0.717, 1.165) is 29.5 Å². The van der Waals surface area contributed by atoms with Crippen LogP contribution in [0.25, 0.3) is 5.65 Å². The lowest BCUT2D eigenvalue weighted by atomic mass is 9.97. The zero-order valence-corrected chi connectivity index (χ0v) is 11.3. The Bertz CT molecular complexity index is 511. The molecule has 0 saturated carbocycles. The summed E-state index contributed by atoms with van der Waals surface area (Å²) in [5.41, 5.74) is 2.26. The van der Waals surface area contributed by atoms with Crippen LogP contribution in [0.5, 0.6) is 0 Å². The number of rotatable bonds is 3. The third-order valence-corrected chi connectivity index (χ3v) is 2.65. The molecule has 0 spiro atoms. The molecule has 0 atom stereocenters. The smallest absolute Gasteiger partial charge is 0.137 e. The van der Waals surface area contributed by atoms with Crippen molar-refractivity contribution >= 4 is 17.2 Å². The first-order valence-electron chi connectivity index (χ1n) is 5.78. The predicted octanol–water partition coefficient (Wildman–Crippen LogP) is 3.12. The van der Waals surface area contributed by atoms with Gasteiger partial charge in [-0.15, -0.1) is 0 Å². The second-order valence-corrected chi connectivity index (χ2v) is 5.95. The summed E-state index contributed by atoms with van der Waals surface area (Å²) in [5.74, 6) is 0. The van der Waals surface area contributed by atoms with Gasteiger partial charge in [0.2, 0.25) is 0 Å². The topological polar surface area (TPSA) is 29.3 Å². The summed E-state index contributed by atoms with van der Waals surface area (Å²) in [6, 6.07) is 3.78. The largest absolute Gasteiger partial charge is 0.311 e. The van der Waals surface area contributed by atoms with Crippen LogP contribution < -0.4 is 5.32 Å². The van der Waals surface area contributed by atoms with Crippen molar-refractivity contribution in [2.24, 2.45) is 5.41 Å². The maximum atomic E-state index is 5.93. The lowest BCUT2D eigenvalue weighted by Crippen LogP contribution is -2.26. The van der Waals surface area contributed by atoms with Gasteiger partial charge in [0.1, 0.15) is 5.65 Å². The average molecular weight is 252 g/mol. The van der Waals surface area contributed by atoms with Crippen LogP contribution in [-0.2, 0) is 6.54 Å². The number of hydrogen-bond donors (Lipinski definition) is 1. The summed E-state index contributed by atoms with van der Waals surface area (Å²) < 4.78 is 1.95. The number of aromatic nitrogens is 2. The van der Waals surface area contributed by atoms with Gasteiger partial charge in [-0.05, 0) is 17.5 Å². The lowest BCUT2D eigenvalue weighted by Gasteiger charge is -2.18. The Morgan fingerprint density at radius 1 is 1.29 bits per heavy atom. The molecule has 0 saturated heterocycles. The minimum atomic E-state index is 0.294. The fraction of sp³-hybridized carbons (Fsp3) is 0.462. The molecule has 0 bridgehead atoms. The van der Waals surface area contributed by atoms with Crippen LogP contribution in [0.15, 0.2) is 24.5 Å². The third kappa shape index (κ3) is 3.45. The van der Waals surface area contributed by atoms with Crippen molar-refractivity contribution < 1.29 is 0 Å². The Hall–Kier alpha value is -1.06. The van der Waals surface area contributed by atoms with Crippen molar-refractivity contribution in [3.63, 3.8) is 0 Å². The average Bonchev–Trinajstić information content (AvgIpc) is 2.57. The van der Waals surface area contributed by atoms with Crippen molar-refractivity contribution in [3.05, 3.63) is 35.2 Å². The fourth-order valence-corrected chi connectivity index (χ4v) is 1.84. The van der Waals surface area contributed by atoms with Crippen LogP contribution in [0.4, 0.5) is 0 Å². The second kappa shape index (κ2) is 4.67. The molecule has 17 heavy (non-hydrogen) atoms. The Balaban J connectivity index is 2.05. The fourth-order valence-electron chi connectivity index (χ4n) is 1.67. The summed E-state index contributed by atoms with van der Waals surface area (Å²) in [7, 11) is 0. The molecule has 0 aliphatic heterocycles. The van der Waals surface area contributed by atoms with E-state index in [1.165, 1.54) is 0 Å². The molecule has 2 aromatic heterocycles. The molecule has 0 unspecified atom stereocenters. The van der Waals surface area contributed by atoms with Gasteiger partial charge in [0, 0.05) is 25.5 Å². The molecule has 0 radical (unpaired) electrons. The highest BCUT2D eigenvalue weighted by Crippen LogP contribution is 2.13. The van der Waals surface area contributed by atoms with Crippen LogP contribution in [0.1, 0.15) is 26.5 Å². The molecule has 2 aromatic rings. The zero-order chi connectivity index (χ0) is 12.5. The molecule has 0 aliphatic carbocycles. The Labute approximate surface area is 107 Å². The van der Waals surface area contributed by atoms with E-state index >= 15 is 0 Å². The molecule has 92 valence electrons. The molecule has 0 aromatic carbocycles. The molecular formula is C13H18ClN3. The second-order valence-electron chi connectivity index (χ2n) is 5.51. The van der Waals surface area contributed by atoms with Gasteiger partial charge in [-0.3, -0.25) is 0 Å². The van der Waals surface area contributed by atoms with Crippen molar-refractivity contribution in [3.8, 4) is 0 Å². The van der Waals surface area contributed by atoms with E-state index in [1.54, 1.807) is 0 Å². The lowest BCUT2D eigenvalue weighted by molar-refractivity contribution is 0.378. The van der Waals surface area contributed by atoms with Crippen molar-refractivity contribution in [1.82, 2.24) is 14.7 Å². The summed E-state index contributed by atoms with van der Waals surface area (Å²) in [5, 5.41) is 4.13. The van der Waals surface area contributed by atoms with E-state index in [0.29, 0.717) is 5.41 Å². The number of pyridine rings is 1. The Morgan fingerprint density at radius 2 is 2.06 bits per heavy atom. The molecule has 3 nitrogen and oxygen atoms in total. The van der Waals surface area contributed by atoms with Crippen LogP contribution in [-0.4, -0.2) is 15.9 Å². The summed E-state index contributed by atoms with van der Waals surface area (Å²) in [6.45, 7) is 8.40. The summed E-state index contributed by atoms with van der Waals surface area (Å²) >= 11 is 5.93. The van der Waals surface area contributed by atoms with E-state index in [2.05, 4.69) is 31.1 Å². The van der Waals surface area contributed by atoms with E-state index in [9.17, 15) is 0 Å². The predicted molar refractivity (Wildman–Crippen MR) is 71.4 cm³/mol. The maximum absolute atomic E-state index is 5.93. The van der Waals surface area contributed by atoms with Gasteiger partial charge >= 0.3 is 0 Å². The summed E-state index contributed by atoms with van der Waals surface area (Å²) in [4.78, 5) is 4.52. The van der Waals surface area contributed by atoms with E-state index < -0.39 is 0 Å². The number of halogens is 1. The Kier molecular flexibility index (Phi) is 3.40. The van der Waals surface area contributed by atoms with Crippen LogP contribution in [0.2, 0.25) is 5.02 Å². The van der Waals surface area contributed by atoms with Crippen molar-refractivity contribution in [2.45, 2.75) is 27.3 Å². The summed E-state index contributed by atoms with van der Waals surface area (Å²) in [6.07, 6.45) is 3.88. The van der Waals surface area contributed by atoms with Gasteiger partial charge in [0.15, 0.2) is 0 Å². The van der Waals surface area contributed by atoms with Crippen molar-refractivity contribution in [1.29, 1.82) is 0 Å². The maximum Gasteiger partial charge on any atom is 0.137 e. The van der Waals surface area contributed by atoms with Gasteiger partial charge in [-0.2, -0.15) is 0 Å². The third-order valence-electron chi connectivity index (χ3n) is 2.43. The molecule has 2 rings (SSSR count). The highest BCUT2D eigenvalue weighted by Gasteiger charge is 2.09. The number of nitrogens with one attached hydrogen (secondary N) is 1. The van der Waals surface area contributed by atoms with E-state index in [1.807, 2.05) is 28.9 Å². The highest BCUT2D eigenvalue weighted by molar-refractivity contribution is 6.30. The number of imidazole rings is 1. The molecule has 4 heteroatoms. The van der Waals surface area contributed by atoms with Crippen molar-refractivity contribution in [2.75, 3.05) is 6.54 Å². The molecule has 0 fully saturated rings. The highest BCUT2D eigenvalue weighted by atomic mass is 35.5. The standard InChI is InChI=1S/C13H18ClN3/c1-13(2,3)9-15-6-11-8-17-7-10(14)4-5-12(17)16-11/h4-5,7-8,15H,6,9H2,1-3H3. The van der Waals surface area contributed by atoms with Crippen LogP contribution in [0, 0.1) is 5.41 Å². The Morgan fingerprint density at radius 3 is 2.76 bits per heavy atom. The van der Waals surface area contributed by atoms with Gasteiger partial charge in [0.05, 0.1) is 10.7 Å². The van der Waals surface area contributed by atoms with Gasteiger partial charge in [-0.25, -0.2) is 4.98 Å². The molecule has 1 N–H and O–H groups in total. The SMILES string of the molecule is CC(C)(C)CNCc1cn2cc(Cl)ccc2n1. The molecule has 0 aliphatic rings. The quantitative estimate of drug-likeness (QED) is 0.908. The van der Waals surface area contributed by atoms with Crippen LogP contribution in [0.3, 0.4) is 0 Å². The van der Waals surface area contributed by atoms with E-state index in [4.69, 9.17) is 11.6 Å². The molecular weight excluding hydrogens is 234 g/mol. The van der Waals surface area contributed by atoms with Gasteiger partial charge in [0.25, 0.3) is 0 Å². The molecule has 2 heterocycles.